The van der Waals surface area contributed by atoms with E-state index in [0.717, 1.165) is 18.4 Å². The molecule has 0 aromatic heterocycles. The van der Waals surface area contributed by atoms with Crippen molar-refractivity contribution in [2.75, 3.05) is 20.3 Å². The van der Waals surface area contributed by atoms with Crippen LogP contribution in [0.5, 0.6) is 11.5 Å². The molecule has 2 aromatic carbocycles. The molecule has 1 N–H and O–H groups in total. The van der Waals surface area contributed by atoms with Crippen LogP contribution in [-0.2, 0) is 27.2 Å². The molecule has 0 saturated carbocycles. The van der Waals surface area contributed by atoms with Crippen molar-refractivity contribution in [2.45, 2.75) is 45.6 Å². The molecule has 0 spiro atoms. The van der Waals surface area contributed by atoms with Gasteiger partial charge in [-0.15, -0.1) is 0 Å². The van der Waals surface area contributed by atoms with E-state index in [4.69, 9.17) is 14.2 Å². The largest absolute Gasteiger partial charge is 0.493 e. The molecule has 1 atom stereocenters. The van der Waals surface area contributed by atoms with Crippen LogP contribution < -0.4 is 14.8 Å². The summed E-state index contributed by atoms with van der Waals surface area (Å²) in [5, 5.41) is 2.86. The van der Waals surface area contributed by atoms with E-state index in [1.165, 1.54) is 38.0 Å². The quantitative estimate of drug-likeness (QED) is 0.474. The van der Waals surface area contributed by atoms with Crippen LogP contribution in [0.3, 0.4) is 0 Å². The molecule has 1 unspecified atom stereocenters. The van der Waals surface area contributed by atoms with Crippen LogP contribution in [0, 0.1) is 0 Å². The van der Waals surface area contributed by atoms with Gasteiger partial charge in [0, 0.05) is 5.56 Å². The normalized spacial score (nSPS) is 13.5. The van der Waals surface area contributed by atoms with Crippen molar-refractivity contribution in [3.63, 3.8) is 0 Å². The Hall–Kier alpha value is -3.35. The maximum atomic E-state index is 12.2. The zero-order chi connectivity index (χ0) is 23.1. The fraction of sp³-hybridized carbons (Fsp3) is 0.400. The van der Waals surface area contributed by atoms with Gasteiger partial charge in [0.05, 0.1) is 13.2 Å². The number of fused-ring (bicyclic) bond motifs is 1. The second kappa shape index (κ2) is 10.8. The van der Waals surface area contributed by atoms with Crippen LogP contribution in [0.2, 0.25) is 0 Å². The number of amides is 1. The summed E-state index contributed by atoms with van der Waals surface area (Å²) in [6.45, 7) is 2.58. The Bertz CT molecular complexity index is 1000. The minimum atomic E-state index is -0.681. The summed E-state index contributed by atoms with van der Waals surface area (Å²) >= 11 is 0. The van der Waals surface area contributed by atoms with Gasteiger partial charge in [0.25, 0.3) is 5.91 Å². The second-order valence-corrected chi connectivity index (χ2v) is 7.90. The van der Waals surface area contributed by atoms with Crippen LogP contribution in [0.25, 0.3) is 0 Å². The molecule has 0 radical (unpaired) electrons. The Morgan fingerprint density at radius 1 is 0.969 bits per heavy atom. The average molecular weight is 440 g/mol. The number of Topliss-reactive ketones (excluding diaryl/α,β-unsaturated/α-hetero) is 1. The van der Waals surface area contributed by atoms with Crippen molar-refractivity contribution in [3.8, 4) is 11.5 Å². The van der Waals surface area contributed by atoms with Crippen LogP contribution in [0.4, 0.5) is 0 Å². The highest BCUT2D eigenvalue weighted by molar-refractivity contribution is 5.94. The van der Waals surface area contributed by atoms with Crippen molar-refractivity contribution >= 4 is 17.7 Å². The Morgan fingerprint density at radius 2 is 1.72 bits per heavy atom. The summed E-state index contributed by atoms with van der Waals surface area (Å²) in [7, 11) is 1.44. The molecule has 32 heavy (non-hydrogen) atoms. The Morgan fingerprint density at radius 3 is 2.44 bits per heavy atom. The highest BCUT2D eigenvalue weighted by Crippen LogP contribution is 2.28. The smallest absolute Gasteiger partial charge is 0.344 e. The Balaban J connectivity index is 1.45. The van der Waals surface area contributed by atoms with Gasteiger partial charge < -0.3 is 19.5 Å². The third kappa shape index (κ3) is 6.09. The summed E-state index contributed by atoms with van der Waals surface area (Å²) in [6, 6.07) is 10.8. The number of ether oxygens (including phenoxy) is 3. The summed E-state index contributed by atoms with van der Waals surface area (Å²) < 4.78 is 15.6. The summed E-state index contributed by atoms with van der Waals surface area (Å²) in [5.74, 6) is -0.529. The topological polar surface area (TPSA) is 90.9 Å². The van der Waals surface area contributed by atoms with Crippen LogP contribution in [0.1, 0.15) is 59.8 Å². The Kier molecular flexibility index (Phi) is 7.87. The van der Waals surface area contributed by atoms with Gasteiger partial charge in [-0.1, -0.05) is 18.2 Å². The molecule has 0 fully saturated rings. The SMILES string of the molecule is COc1cc(C(C)=O)ccc1OCC(=O)OCC(=O)NC(C)c1ccc2c(c1)CCCC2. The number of methoxy groups -OCH3 is 1. The molecule has 1 aliphatic carbocycles. The van der Waals surface area contributed by atoms with Gasteiger partial charge >= 0.3 is 5.97 Å². The third-order valence-electron chi connectivity index (χ3n) is 5.53. The van der Waals surface area contributed by atoms with E-state index in [1.807, 2.05) is 13.0 Å². The van der Waals surface area contributed by atoms with Gasteiger partial charge in [-0.2, -0.15) is 0 Å². The zero-order valence-electron chi connectivity index (χ0n) is 18.7. The second-order valence-electron chi connectivity index (χ2n) is 7.90. The van der Waals surface area contributed by atoms with E-state index in [-0.39, 0.29) is 24.3 Å². The molecule has 1 aliphatic rings. The predicted molar refractivity (Wildman–Crippen MR) is 119 cm³/mol. The zero-order valence-corrected chi connectivity index (χ0v) is 18.7. The maximum Gasteiger partial charge on any atom is 0.344 e. The van der Waals surface area contributed by atoms with E-state index >= 15 is 0 Å². The predicted octanol–water partition coefficient (Wildman–Crippen LogP) is 3.58. The number of hydrogen-bond acceptors (Lipinski definition) is 6. The van der Waals surface area contributed by atoms with Gasteiger partial charge in [0.1, 0.15) is 0 Å². The molecule has 7 nitrogen and oxygen atoms in total. The first-order chi connectivity index (χ1) is 15.4. The van der Waals surface area contributed by atoms with Gasteiger partial charge in [-0.05, 0) is 74.4 Å². The number of esters is 1. The molecule has 3 rings (SSSR count). The lowest BCUT2D eigenvalue weighted by Crippen LogP contribution is -2.32. The van der Waals surface area contributed by atoms with Crippen molar-refractivity contribution in [2.24, 2.45) is 0 Å². The molecule has 0 bridgehead atoms. The van der Waals surface area contributed by atoms with E-state index in [1.54, 1.807) is 18.2 Å². The number of nitrogens with one attached hydrogen (secondary N) is 1. The summed E-state index contributed by atoms with van der Waals surface area (Å²) in [6.07, 6.45) is 4.61. The van der Waals surface area contributed by atoms with E-state index in [2.05, 4.69) is 17.4 Å². The molecule has 0 aliphatic heterocycles. The Labute approximate surface area is 188 Å². The number of rotatable bonds is 9. The number of aryl methyl sites for hydroxylation is 2. The molecule has 7 heteroatoms. The summed E-state index contributed by atoms with van der Waals surface area (Å²) in [5.41, 5.74) is 4.25. The maximum absolute atomic E-state index is 12.2. The molecule has 0 heterocycles. The number of hydrogen-bond donors (Lipinski definition) is 1. The number of ketones is 1. The summed E-state index contributed by atoms with van der Waals surface area (Å²) in [4.78, 5) is 35.7. The molecular formula is C25H29NO6. The van der Waals surface area contributed by atoms with Crippen LogP contribution in [0.15, 0.2) is 36.4 Å². The fourth-order valence-corrected chi connectivity index (χ4v) is 3.72. The van der Waals surface area contributed by atoms with Gasteiger partial charge in [0.15, 0.2) is 30.5 Å². The molecule has 1 amide bonds. The number of carbonyl (C=O) groups is 3. The van der Waals surface area contributed by atoms with E-state index in [9.17, 15) is 14.4 Å². The minimum absolute atomic E-state index is 0.107. The van der Waals surface area contributed by atoms with E-state index < -0.39 is 12.6 Å². The lowest BCUT2D eigenvalue weighted by molar-refractivity contribution is -0.150. The van der Waals surface area contributed by atoms with Crippen molar-refractivity contribution in [1.82, 2.24) is 5.32 Å². The molecule has 0 saturated heterocycles. The fourth-order valence-electron chi connectivity index (χ4n) is 3.72. The highest BCUT2D eigenvalue weighted by Gasteiger charge is 2.16. The highest BCUT2D eigenvalue weighted by atomic mass is 16.6. The van der Waals surface area contributed by atoms with Crippen molar-refractivity contribution in [3.05, 3.63) is 58.7 Å². The van der Waals surface area contributed by atoms with Crippen molar-refractivity contribution in [1.29, 1.82) is 0 Å². The van der Waals surface area contributed by atoms with Crippen LogP contribution in [-0.4, -0.2) is 38.0 Å². The molecule has 2 aromatic rings. The first-order valence-corrected chi connectivity index (χ1v) is 10.8. The van der Waals surface area contributed by atoms with Gasteiger partial charge in [-0.3, -0.25) is 9.59 Å². The van der Waals surface area contributed by atoms with Crippen molar-refractivity contribution < 1.29 is 28.6 Å². The average Bonchev–Trinajstić information content (AvgIpc) is 2.80. The lowest BCUT2D eigenvalue weighted by atomic mass is 9.89. The van der Waals surface area contributed by atoms with Gasteiger partial charge in [-0.25, -0.2) is 4.79 Å². The van der Waals surface area contributed by atoms with Gasteiger partial charge in [0.2, 0.25) is 0 Å². The number of carbonyl (C=O) groups excluding carboxylic acids is 3. The first kappa shape index (κ1) is 23.3. The minimum Gasteiger partial charge on any atom is -0.493 e. The number of benzene rings is 2. The molecule has 170 valence electrons. The first-order valence-electron chi connectivity index (χ1n) is 10.8. The lowest BCUT2D eigenvalue weighted by Gasteiger charge is -2.20. The standard InChI is InChI=1S/C25H29NO6/c1-16(19-9-8-18-6-4-5-7-21(18)12-19)26-24(28)14-32-25(29)15-31-22-11-10-20(17(2)27)13-23(22)30-3/h8-13,16H,4-7,14-15H2,1-3H3,(H,26,28). The third-order valence-corrected chi connectivity index (χ3v) is 5.53. The van der Waals surface area contributed by atoms with Crippen LogP contribution >= 0.6 is 0 Å². The molecular weight excluding hydrogens is 410 g/mol. The monoisotopic (exact) mass is 439 g/mol. The van der Waals surface area contributed by atoms with E-state index in [0.29, 0.717) is 17.1 Å².